The molecular formula is C28H29FN2O2. The molecule has 0 radical (unpaired) electrons. The largest absolute Gasteiger partial charge is 0.370 e. The summed E-state index contributed by atoms with van der Waals surface area (Å²) in [7, 11) is 0. The van der Waals surface area contributed by atoms with Gasteiger partial charge in [0.2, 0.25) is 11.8 Å². The number of nitrogens with two attached hydrogens (primary N) is 1. The molecule has 0 aromatic heterocycles. The third-order valence-electron chi connectivity index (χ3n) is 6.92. The summed E-state index contributed by atoms with van der Waals surface area (Å²) in [5.41, 5.74) is 9.18. The summed E-state index contributed by atoms with van der Waals surface area (Å²) in [4.78, 5) is 26.8. The molecule has 2 atom stereocenters. The smallest absolute Gasteiger partial charge is 0.223 e. The van der Waals surface area contributed by atoms with Crippen LogP contribution in [0, 0.1) is 5.82 Å². The zero-order valence-corrected chi connectivity index (χ0v) is 18.8. The number of halogens is 1. The molecule has 0 unspecified atom stereocenters. The van der Waals surface area contributed by atoms with E-state index in [9.17, 15) is 14.0 Å². The highest BCUT2D eigenvalue weighted by Crippen LogP contribution is 2.42. The molecule has 1 aliphatic heterocycles. The first-order chi connectivity index (χ1) is 15.9. The SMILES string of the molecule is C[C@@H](c1ccc(-c2ccc(F)cc2)cc1)N1CC[C@](CCC(N)=O)(c2ccccc2)CC1=O. The minimum Gasteiger partial charge on any atom is -0.370 e. The molecule has 1 aliphatic rings. The number of rotatable bonds is 7. The second-order valence-electron chi connectivity index (χ2n) is 8.93. The maximum absolute atomic E-state index is 13.3. The molecule has 3 aromatic rings. The first-order valence-electron chi connectivity index (χ1n) is 11.4. The summed E-state index contributed by atoms with van der Waals surface area (Å²) in [5, 5.41) is 0. The monoisotopic (exact) mass is 444 g/mol. The molecule has 0 aliphatic carbocycles. The van der Waals surface area contributed by atoms with Crippen LogP contribution in [0.15, 0.2) is 78.9 Å². The average Bonchev–Trinajstić information content (AvgIpc) is 2.83. The third-order valence-corrected chi connectivity index (χ3v) is 6.92. The Morgan fingerprint density at radius 3 is 2.18 bits per heavy atom. The van der Waals surface area contributed by atoms with Crippen molar-refractivity contribution in [3.63, 3.8) is 0 Å². The lowest BCUT2D eigenvalue weighted by molar-refractivity contribution is -0.139. The van der Waals surface area contributed by atoms with Crippen molar-refractivity contribution in [2.45, 2.75) is 44.1 Å². The highest BCUT2D eigenvalue weighted by Gasteiger charge is 2.41. The molecule has 0 bridgehead atoms. The fourth-order valence-electron chi connectivity index (χ4n) is 4.88. The fraction of sp³-hybridized carbons (Fsp3) is 0.286. The van der Waals surface area contributed by atoms with Crippen LogP contribution in [-0.4, -0.2) is 23.3 Å². The average molecular weight is 445 g/mol. The van der Waals surface area contributed by atoms with Gasteiger partial charge in [-0.1, -0.05) is 66.7 Å². The van der Waals surface area contributed by atoms with Gasteiger partial charge in [-0.2, -0.15) is 0 Å². The predicted molar refractivity (Wildman–Crippen MR) is 128 cm³/mol. The molecule has 33 heavy (non-hydrogen) atoms. The lowest BCUT2D eigenvalue weighted by atomic mass is 9.69. The quantitative estimate of drug-likeness (QED) is 0.532. The van der Waals surface area contributed by atoms with Crippen molar-refractivity contribution in [3.05, 3.63) is 95.8 Å². The van der Waals surface area contributed by atoms with Gasteiger partial charge in [0, 0.05) is 24.8 Å². The summed E-state index contributed by atoms with van der Waals surface area (Å²) < 4.78 is 13.2. The van der Waals surface area contributed by atoms with Gasteiger partial charge in [0.15, 0.2) is 0 Å². The van der Waals surface area contributed by atoms with Crippen LogP contribution in [0.1, 0.15) is 49.8 Å². The Morgan fingerprint density at radius 2 is 1.61 bits per heavy atom. The van der Waals surface area contributed by atoms with Crippen molar-refractivity contribution in [2.24, 2.45) is 5.73 Å². The lowest BCUT2D eigenvalue weighted by Crippen LogP contribution is -2.47. The van der Waals surface area contributed by atoms with E-state index in [1.165, 1.54) is 12.1 Å². The first-order valence-corrected chi connectivity index (χ1v) is 11.4. The van der Waals surface area contributed by atoms with E-state index in [1.54, 1.807) is 12.1 Å². The Hall–Kier alpha value is -3.47. The van der Waals surface area contributed by atoms with Crippen molar-refractivity contribution >= 4 is 11.8 Å². The van der Waals surface area contributed by atoms with E-state index in [-0.39, 0.29) is 35.5 Å². The zero-order valence-electron chi connectivity index (χ0n) is 18.8. The maximum atomic E-state index is 13.3. The summed E-state index contributed by atoms with van der Waals surface area (Å²) in [6.07, 6.45) is 1.99. The van der Waals surface area contributed by atoms with Crippen molar-refractivity contribution in [1.82, 2.24) is 4.90 Å². The molecule has 0 spiro atoms. The van der Waals surface area contributed by atoms with Crippen LogP contribution in [0.4, 0.5) is 4.39 Å². The van der Waals surface area contributed by atoms with Crippen molar-refractivity contribution in [2.75, 3.05) is 6.54 Å². The molecule has 5 heteroatoms. The molecule has 1 fully saturated rings. The molecule has 2 amide bonds. The van der Waals surface area contributed by atoms with E-state index < -0.39 is 0 Å². The number of amides is 2. The van der Waals surface area contributed by atoms with Gasteiger partial charge in [-0.25, -0.2) is 4.39 Å². The van der Waals surface area contributed by atoms with E-state index in [0.29, 0.717) is 19.4 Å². The molecule has 170 valence electrons. The molecule has 1 saturated heterocycles. The number of likely N-dealkylation sites (tertiary alicyclic amines) is 1. The van der Waals surface area contributed by atoms with Crippen LogP contribution in [0.5, 0.6) is 0 Å². The molecule has 2 N–H and O–H groups in total. The van der Waals surface area contributed by atoms with Gasteiger partial charge in [0.1, 0.15) is 5.82 Å². The second kappa shape index (κ2) is 9.57. The van der Waals surface area contributed by atoms with Gasteiger partial charge >= 0.3 is 0 Å². The number of benzene rings is 3. The van der Waals surface area contributed by atoms with Gasteiger partial charge < -0.3 is 10.6 Å². The Kier molecular flexibility index (Phi) is 6.59. The molecule has 4 rings (SSSR count). The van der Waals surface area contributed by atoms with Crippen LogP contribution < -0.4 is 5.73 Å². The van der Waals surface area contributed by atoms with Gasteiger partial charge in [0.25, 0.3) is 0 Å². The molecule has 3 aromatic carbocycles. The van der Waals surface area contributed by atoms with Gasteiger partial charge in [-0.3, -0.25) is 9.59 Å². The van der Waals surface area contributed by atoms with Crippen LogP contribution in [0.25, 0.3) is 11.1 Å². The Morgan fingerprint density at radius 1 is 1.00 bits per heavy atom. The highest BCUT2D eigenvalue weighted by atomic mass is 19.1. The minimum absolute atomic E-state index is 0.0651. The number of piperidine rings is 1. The van der Waals surface area contributed by atoms with E-state index in [2.05, 4.69) is 0 Å². The van der Waals surface area contributed by atoms with Crippen molar-refractivity contribution in [3.8, 4) is 11.1 Å². The molecule has 1 heterocycles. The normalized spacial score (nSPS) is 19.3. The Bertz CT molecular complexity index is 1110. The zero-order chi connectivity index (χ0) is 23.4. The Labute approximate surface area is 194 Å². The number of primary amides is 1. The topological polar surface area (TPSA) is 63.4 Å². The number of carbonyl (C=O) groups is 2. The molecule has 0 saturated carbocycles. The summed E-state index contributed by atoms with van der Waals surface area (Å²) >= 11 is 0. The molecular weight excluding hydrogens is 415 g/mol. The van der Waals surface area contributed by atoms with Crippen LogP contribution >= 0.6 is 0 Å². The number of carbonyl (C=O) groups excluding carboxylic acids is 2. The third kappa shape index (κ3) is 4.98. The standard InChI is InChI=1S/C28H29FN2O2/c1-20(21-7-9-22(10-8-21)23-11-13-25(29)14-12-23)31-18-17-28(19-27(31)33,16-15-26(30)32)24-5-3-2-4-6-24/h2-14,20H,15-19H2,1H3,(H2,30,32)/t20-,28-/m0/s1. The minimum atomic E-state index is -0.365. The second-order valence-corrected chi connectivity index (χ2v) is 8.93. The van der Waals surface area contributed by atoms with Crippen molar-refractivity contribution in [1.29, 1.82) is 0 Å². The van der Waals surface area contributed by atoms with E-state index in [0.717, 1.165) is 28.7 Å². The van der Waals surface area contributed by atoms with Crippen LogP contribution in [0.2, 0.25) is 0 Å². The maximum Gasteiger partial charge on any atom is 0.223 e. The number of hydrogen-bond acceptors (Lipinski definition) is 2. The van der Waals surface area contributed by atoms with E-state index in [4.69, 9.17) is 5.73 Å². The van der Waals surface area contributed by atoms with Crippen LogP contribution in [-0.2, 0) is 15.0 Å². The van der Waals surface area contributed by atoms with Crippen LogP contribution in [0.3, 0.4) is 0 Å². The van der Waals surface area contributed by atoms with Gasteiger partial charge in [0.05, 0.1) is 6.04 Å². The predicted octanol–water partition coefficient (Wildman–Crippen LogP) is 5.38. The first kappa shape index (κ1) is 22.7. The highest BCUT2D eigenvalue weighted by molar-refractivity contribution is 5.80. The fourth-order valence-corrected chi connectivity index (χ4v) is 4.88. The Balaban J connectivity index is 1.51. The van der Waals surface area contributed by atoms with Gasteiger partial charge in [-0.05, 0) is 54.2 Å². The summed E-state index contributed by atoms with van der Waals surface area (Å²) in [6, 6.07) is 24.4. The van der Waals surface area contributed by atoms with E-state index >= 15 is 0 Å². The van der Waals surface area contributed by atoms with Crippen molar-refractivity contribution < 1.29 is 14.0 Å². The summed E-state index contributed by atoms with van der Waals surface area (Å²) in [5.74, 6) is -0.505. The lowest BCUT2D eigenvalue weighted by Gasteiger charge is -2.44. The summed E-state index contributed by atoms with van der Waals surface area (Å²) in [6.45, 7) is 2.66. The number of hydrogen-bond donors (Lipinski definition) is 1. The van der Waals surface area contributed by atoms with E-state index in [1.807, 2.05) is 66.4 Å². The van der Waals surface area contributed by atoms with Gasteiger partial charge in [-0.15, -0.1) is 0 Å². The number of nitrogens with zero attached hydrogens (tertiary/aromatic N) is 1. The molecule has 4 nitrogen and oxygen atoms in total.